The van der Waals surface area contributed by atoms with Gasteiger partial charge in [0.1, 0.15) is 30.7 Å². The number of nitriles is 1. The predicted octanol–water partition coefficient (Wildman–Crippen LogP) is 6.97. The number of fused-ring (bicyclic) bond motifs is 4. The van der Waals surface area contributed by atoms with Crippen molar-refractivity contribution in [1.29, 1.82) is 5.26 Å². The second kappa shape index (κ2) is 21.7. The molecule has 5 heterocycles. The molecule has 0 radical (unpaired) electrons. The SMILES string of the molecule is CC(C)C(=O)Nc1nc2c(ccn2[C@@H]2O[C@@H]3COP(O)(=S)O[C@H]4C[C@H](Oc5ccncn5)C[C@@H]4CO[P@@](=S)(OCCC#N)O[C@@H]2[C@@H]3O[Si](O[Si](O)(C(C)C)C(C)C)(C(C)C)C(C)C)c(=O)[nH]1. The molecule has 20 nitrogen and oxygen atoms in total. The lowest BCUT2D eigenvalue weighted by Crippen LogP contribution is -2.62. The standard InChI is InChI=1S/C40H63N7O13P2S2Si2/c1-23(2)37(48)45-40-44-36-30(38(49)46-40)13-16-47(36)39-35-34(59-66(26(7)8,27(9)10)60-65(51,24(3)4)25(5)6)32(56-39)21-53-61(50,63)57-31-19-29(55-33-12-15-42-22-43-33)18-28(31)20-54-62(64,58-35)52-17-11-14-41/h12-13,15-16,22-29,31-32,34-35,39,51H,11,17-21H2,1-10H3,(H,50,63)(H2,44,45,46,48,49)/t28-,29-,31+,32-,34-,35-,39-,61?,62+/m1/s1. The van der Waals surface area contributed by atoms with Crippen LogP contribution in [-0.2, 0) is 64.3 Å². The van der Waals surface area contributed by atoms with E-state index in [-0.39, 0.29) is 77.7 Å². The van der Waals surface area contributed by atoms with E-state index in [1.165, 1.54) is 6.33 Å². The zero-order valence-electron chi connectivity index (χ0n) is 38.9. The zero-order valence-corrected chi connectivity index (χ0v) is 44.3. The van der Waals surface area contributed by atoms with Gasteiger partial charge in [0, 0.05) is 36.7 Å². The van der Waals surface area contributed by atoms with Crippen molar-refractivity contribution in [1.82, 2.24) is 24.5 Å². The number of amides is 1. The van der Waals surface area contributed by atoms with Gasteiger partial charge >= 0.3 is 30.6 Å². The Morgan fingerprint density at radius 2 is 1.74 bits per heavy atom. The van der Waals surface area contributed by atoms with Gasteiger partial charge in [0.2, 0.25) is 17.7 Å². The fourth-order valence-corrected chi connectivity index (χ4v) is 22.0. The van der Waals surface area contributed by atoms with Crippen molar-refractivity contribution in [2.75, 3.05) is 25.1 Å². The molecule has 2 saturated heterocycles. The Labute approximate surface area is 397 Å². The second-order valence-corrected chi connectivity index (χ2v) is 32.7. The van der Waals surface area contributed by atoms with Crippen molar-refractivity contribution in [2.24, 2.45) is 11.8 Å². The Morgan fingerprint density at radius 1 is 1.03 bits per heavy atom. The van der Waals surface area contributed by atoms with E-state index in [2.05, 4.69) is 31.3 Å². The van der Waals surface area contributed by atoms with E-state index in [1.54, 1.807) is 42.9 Å². The molecule has 9 atom stereocenters. The van der Waals surface area contributed by atoms with Gasteiger partial charge in [-0.1, -0.05) is 69.2 Å². The lowest BCUT2D eigenvalue weighted by atomic mass is 10.1. The summed E-state index contributed by atoms with van der Waals surface area (Å²) in [6, 6.07) is 5.26. The Balaban J connectivity index is 1.51. The van der Waals surface area contributed by atoms with Crippen molar-refractivity contribution in [3.05, 3.63) is 41.2 Å². The Kier molecular flexibility index (Phi) is 17.4. The highest BCUT2D eigenvalue weighted by Gasteiger charge is 2.60. The van der Waals surface area contributed by atoms with Crippen molar-refractivity contribution in [3.8, 4) is 11.9 Å². The lowest BCUT2D eigenvalue weighted by molar-refractivity contribution is -0.118. The Hall–Kier alpha value is -2.41. The number of ether oxygens (including phenoxy) is 2. The maximum absolute atomic E-state index is 13.5. The molecule has 66 heavy (non-hydrogen) atoms. The minimum absolute atomic E-state index is 0.0401. The third-order valence-electron chi connectivity index (χ3n) is 12.1. The van der Waals surface area contributed by atoms with E-state index < -0.39 is 84.7 Å². The van der Waals surface area contributed by atoms with Gasteiger partial charge in [-0.3, -0.25) is 24.4 Å². The summed E-state index contributed by atoms with van der Waals surface area (Å²) >= 11 is 11.9. The molecule has 3 fully saturated rings. The predicted molar refractivity (Wildman–Crippen MR) is 256 cm³/mol. The normalized spacial score (nSPS) is 28.9. The van der Waals surface area contributed by atoms with Crippen molar-refractivity contribution in [3.63, 3.8) is 0 Å². The molecule has 0 spiro atoms. The maximum Gasteiger partial charge on any atom is 0.335 e. The highest BCUT2D eigenvalue weighted by atomic mass is 32.5. The number of nitrogens with zero attached hydrogens (tertiary/aromatic N) is 5. The fraction of sp³-hybridized carbons (Fsp3) is 0.700. The van der Waals surface area contributed by atoms with Gasteiger partial charge in [0.25, 0.3) is 5.56 Å². The number of rotatable bonds is 16. The van der Waals surface area contributed by atoms with E-state index in [0.29, 0.717) is 12.3 Å². The number of anilines is 1. The molecule has 1 aliphatic carbocycles. The molecule has 6 rings (SSSR count). The first kappa shape index (κ1) is 53.0. The molecule has 0 aromatic carbocycles. The highest BCUT2D eigenvalue weighted by molar-refractivity contribution is 8.07. The minimum atomic E-state index is -4.07. The molecule has 26 heteroatoms. The van der Waals surface area contributed by atoms with Gasteiger partial charge in [-0.2, -0.15) is 10.2 Å². The Morgan fingerprint density at radius 3 is 2.36 bits per heavy atom. The van der Waals surface area contributed by atoms with Crippen LogP contribution < -0.4 is 15.6 Å². The van der Waals surface area contributed by atoms with Crippen LogP contribution in [0, 0.1) is 23.2 Å². The van der Waals surface area contributed by atoms with Crippen molar-refractivity contribution in [2.45, 2.75) is 147 Å². The van der Waals surface area contributed by atoms with Crippen LogP contribution in [-0.4, -0.2) is 108 Å². The topological polar surface area (TPSA) is 253 Å². The summed E-state index contributed by atoms with van der Waals surface area (Å²) in [6.45, 7) is 10.5. The van der Waals surface area contributed by atoms with E-state index in [0.717, 1.165) is 0 Å². The van der Waals surface area contributed by atoms with E-state index in [1.807, 2.05) is 55.4 Å². The van der Waals surface area contributed by atoms with Gasteiger partial charge in [-0.15, -0.1) is 0 Å². The lowest BCUT2D eigenvalue weighted by Gasteiger charge is -2.47. The third kappa shape index (κ3) is 11.9. The summed E-state index contributed by atoms with van der Waals surface area (Å²) in [5.41, 5.74) is -1.37. The van der Waals surface area contributed by atoms with E-state index in [4.69, 9.17) is 64.2 Å². The summed E-state index contributed by atoms with van der Waals surface area (Å²) in [5, 5.41) is 12.4. The molecule has 1 unspecified atom stereocenters. The van der Waals surface area contributed by atoms with E-state index >= 15 is 0 Å². The summed E-state index contributed by atoms with van der Waals surface area (Å²) in [5.74, 6) is -1.01. The zero-order chi connectivity index (χ0) is 48.4. The molecule has 1 amide bonds. The third-order valence-corrected chi connectivity index (χ3v) is 25.8. The van der Waals surface area contributed by atoms with Crippen LogP contribution in [0.2, 0.25) is 22.2 Å². The number of aromatic amines is 1. The van der Waals surface area contributed by atoms with E-state index in [9.17, 15) is 24.5 Å². The Bertz CT molecular complexity index is 2340. The molecular weight excluding hydrogens is 969 g/mol. The second-order valence-electron chi connectivity index (χ2n) is 18.3. The monoisotopic (exact) mass is 1030 g/mol. The highest BCUT2D eigenvalue weighted by Crippen LogP contribution is 2.58. The van der Waals surface area contributed by atoms with Gasteiger partial charge in [0.15, 0.2) is 11.9 Å². The molecule has 1 saturated carbocycles. The maximum atomic E-state index is 13.5. The first-order valence-electron chi connectivity index (χ1n) is 22.2. The van der Waals surface area contributed by atoms with Crippen LogP contribution in [0.1, 0.15) is 94.7 Å². The molecule has 4 N–H and O–H groups in total. The molecule has 3 aromatic rings. The number of nitrogens with one attached hydrogen (secondary N) is 2. The summed E-state index contributed by atoms with van der Waals surface area (Å²) in [6.07, 6.45) is -0.775. The molecule has 3 aromatic heterocycles. The smallest absolute Gasteiger partial charge is 0.335 e. The molecule has 366 valence electrons. The van der Waals surface area contributed by atoms with Crippen LogP contribution in [0.3, 0.4) is 0 Å². The number of H-pyrrole nitrogens is 1. The molecular formula is C40H63N7O13P2S2Si2. The average molecular weight is 1030 g/mol. The number of carbonyl (C=O) groups is 1. The van der Waals surface area contributed by atoms with Crippen LogP contribution in [0.15, 0.2) is 35.6 Å². The molecule has 2 bridgehead atoms. The van der Waals surface area contributed by atoms with Crippen LogP contribution in [0.4, 0.5) is 5.95 Å². The van der Waals surface area contributed by atoms with Gasteiger partial charge in [-0.05, 0) is 58.3 Å². The fourth-order valence-electron chi connectivity index (χ4n) is 8.42. The molecule has 2 aliphatic heterocycles. The number of hydrogen-bond acceptors (Lipinski definition) is 18. The van der Waals surface area contributed by atoms with Gasteiger partial charge < -0.3 is 50.4 Å². The van der Waals surface area contributed by atoms with Gasteiger partial charge in [0.05, 0.1) is 43.8 Å². The average Bonchev–Trinajstić information content (AvgIpc) is 3.93. The van der Waals surface area contributed by atoms with Gasteiger partial charge in [-0.25, -0.2) is 9.97 Å². The summed E-state index contributed by atoms with van der Waals surface area (Å²) in [4.78, 5) is 66.0. The number of carbonyl (C=O) groups excluding carboxylic acids is 1. The summed E-state index contributed by atoms with van der Waals surface area (Å²) in [7, 11) is -7.18. The largest absolute Gasteiger partial charge is 0.474 e. The minimum Gasteiger partial charge on any atom is -0.474 e. The molecule has 3 aliphatic rings. The van der Waals surface area contributed by atoms with Crippen LogP contribution in [0.25, 0.3) is 11.0 Å². The van der Waals surface area contributed by atoms with Crippen LogP contribution >= 0.6 is 13.4 Å². The van der Waals surface area contributed by atoms with Crippen LogP contribution in [0.5, 0.6) is 5.88 Å². The summed E-state index contributed by atoms with van der Waals surface area (Å²) < 4.78 is 61.6. The van der Waals surface area contributed by atoms with Crippen molar-refractivity contribution >= 4 is 77.1 Å². The van der Waals surface area contributed by atoms with Crippen molar-refractivity contribution < 1.29 is 55.1 Å². The first-order chi connectivity index (χ1) is 31.0. The quantitative estimate of drug-likeness (QED) is 0.0642. The number of aromatic nitrogens is 5. The number of hydrogen-bond donors (Lipinski definition) is 4. The first-order valence-corrected chi connectivity index (χ1v) is 31.3.